The first kappa shape index (κ1) is 15.2. The third-order valence-electron chi connectivity index (χ3n) is 3.00. The molecule has 1 aromatic rings. The molecule has 1 aromatic carbocycles. The molecule has 0 aliphatic carbocycles. The third-order valence-corrected chi connectivity index (χ3v) is 4.93. The molecule has 0 amide bonds. The van der Waals surface area contributed by atoms with Crippen molar-refractivity contribution in [2.75, 3.05) is 25.4 Å². The van der Waals surface area contributed by atoms with Crippen LogP contribution in [0.15, 0.2) is 23.1 Å². The zero-order valence-corrected chi connectivity index (χ0v) is 11.6. The lowest BCUT2D eigenvalue weighted by Crippen LogP contribution is -2.45. The van der Waals surface area contributed by atoms with Crippen molar-refractivity contribution in [2.45, 2.75) is 11.0 Å². The van der Waals surface area contributed by atoms with Crippen molar-refractivity contribution in [3.8, 4) is 6.07 Å². The SMILES string of the molecule is N#CC1CN(S(=O)(=O)c2ccc([N+](=O)[O-])cc2N)CCO1. The van der Waals surface area contributed by atoms with Gasteiger partial charge in [0.1, 0.15) is 4.90 Å². The molecule has 0 spiro atoms. The van der Waals surface area contributed by atoms with Crippen LogP contribution in [0.1, 0.15) is 0 Å². The summed E-state index contributed by atoms with van der Waals surface area (Å²) in [5.74, 6) is 0. The van der Waals surface area contributed by atoms with Gasteiger partial charge in [-0.1, -0.05) is 0 Å². The van der Waals surface area contributed by atoms with Crippen molar-refractivity contribution in [3.63, 3.8) is 0 Å². The molecule has 1 heterocycles. The van der Waals surface area contributed by atoms with Crippen molar-refractivity contribution in [2.24, 2.45) is 0 Å². The average molecular weight is 312 g/mol. The summed E-state index contributed by atoms with van der Waals surface area (Å²) in [6, 6.07) is 5.01. The minimum Gasteiger partial charge on any atom is -0.397 e. The fourth-order valence-corrected chi connectivity index (χ4v) is 3.47. The number of nitrogens with zero attached hydrogens (tertiary/aromatic N) is 3. The Balaban J connectivity index is 2.36. The van der Waals surface area contributed by atoms with Gasteiger partial charge in [0.15, 0.2) is 6.10 Å². The van der Waals surface area contributed by atoms with Gasteiger partial charge in [-0.2, -0.15) is 9.57 Å². The Morgan fingerprint density at radius 1 is 1.52 bits per heavy atom. The molecule has 2 N–H and O–H groups in total. The van der Waals surface area contributed by atoms with Crippen molar-refractivity contribution in [1.82, 2.24) is 4.31 Å². The summed E-state index contributed by atoms with van der Waals surface area (Å²) in [4.78, 5) is 9.76. The van der Waals surface area contributed by atoms with Crippen molar-refractivity contribution >= 4 is 21.4 Å². The van der Waals surface area contributed by atoms with Crippen LogP contribution in [0.4, 0.5) is 11.4 Å². The van der Waals surface area contributed by atoms with Gasteiger partial charge >= 0.3 is 0 Å². The molecule has 2 rings (SSSR count). The molecule has 112 valence electrons. The Bertz CT molecular complexity index is 712. The number of rotatable bonds is 3. The highest BCUT2D eigenvalue weighted by Crippen LogP contribution is 2.27. The van der Waals surface area contributed by atoms with Gasteiger partial charge < -0.3 is 10.5 Å². The van der Waals surface area contributed by atoms with Gasteiger partial charge in [-0.3, -0.25) is 10.1 Å². The molecule has 21 heavy (non-hydrogen) atoms. The molecule has 1 fully saturated rings. The predicted octanol–water partition coefficient (Wildman–Crippen LogP) is 0.0901. The molecule has 1 aliphatic heterocycles. The van der Waals surface area contributed by atoms with Crippen LogP contribution in [0.5, 0.6) is 0 Å². The number of sulfonamides is 1. The van der Waals surface area contributed by atoms with E-state index in [0.717, 1.165) is 22.5 Å². The highest BCUT2D eigenvalue weighted by molar-refractivity contribution is 7.89. The number of nitro benzene ring substituents is 1. The Labute approximate surface area is 120 Å². The van der Waals surface area contributed by atoms with Crippen LogP contribution in [-0.2, 0) is 14.8 Å². The van der Waals surface area contributed by atoms with E-state index in [9.17, 15) is 18.5 Å². The summed E-state index contributed by atoms with van der Waals surface area (Å²) in [5.41, 5.74) is 5.12. The van der Waals surface area contributed by atoms with E-state index in [1.54, 1.807) is 0 Å². The second kappa shape index (κ2) is 5.65. The number of nitrogens with two attached hydrogens (primary N) is 1. The largest absolute Gasteiger partial charge is 0.397 e. The van der Waals surface area contributed by atoms with E-state index in [0.29, 0.717) is 0 Å². The van der Waals surface area contributed by atoms with E-state index in [-0.39, 0.29) is 36.0 Å². The molecule has 1 saturated heterocycles. The Morgan fingerprint density at radius 3 is 2.81 bits per heavy atom. The second-order valence-electron chi connectivity index (χ2n) is 4.33. The van der Waals surface area contributed by atoms with Gasteiger partial charge in [-0.05, 0) is 6.07 Å². The number of hydrogen-bond acceptors (Lipinski definition) is 7. The second-order valence-corrected chi connectivity index (χ2v) is 6.24. The number of non-ortho nitro benzene ring substituents is 1. The average Bonchev–Trinajstić information content (AvgIpc) is 2.46. The number of ether oxygens (including phenoxy) is 1. The van der Waals surface area contributed by atoms with Crippen LogP contribution < -0.4 is 5.73 Å². The van der Waals surface area contributed by atoms with Crippen molar-refractivity contribution in [1.29, 1.82) is 5.26 Å². The minimum absolute atomic E-state index is 0.0942. The quantitative estimate of drug-likeness (QED) is 0.474. The van der Waals surface area contributed by atoms with Crippen LogP contribution in [0.3, 0.4) is 0 Å². The van der Waals surface area contributed by atoms with E-state index < -0.39 is 21.1 Å². The number of anilines is 1. The molecule has 0 radical (unpaired) electrons. The van der Waals surface area contributed by atoms with E-state index in [4.69, 9.17) is 15.7 Å². The van der Waals surface area contributed by atoms with Crippen LogP contribution >= 0.6 is 0 Å². The van der Waals surface area contributed by atoms with Gasteiger partial charge in [0.05, 0.1) is 29.8 Å². The van der Waals surface area contributed by atoms with Gasteiger partial charge in [0.25, 0.3) is 5.69 Å². The van der Waals surface area contributed by atoms with Crippen molar-refractivity contribution in [3.05, 3.63) is 28.3 Å². The molecule has 0 bridgehead atoms. The smallest absolute Gasteiger partial charge is 0.271 e. The highest BCUT2D eigenvalue weighted by Gasteiger charge is 2.32. The Kier molecular flexibility index (Phi) is 4.08. The summed E-state index contributed by atoms with van der Waals surface area (Å²) in [6.45, 7) is 0.0938. The minimum atomic E-state index is -3.92. The zero-order chi connectivity index (χ0) is 15.6. The van der Waals surface area contributed by atoms with Crippen LogP contribution in [-0.4, -0.2) is 43.4 Å². The number of morpholine rings is 1. The van der Waals surface area contributed by atoms with Gasteiger partial charge in [-0.15, -0.1) is 0 Å². The Hall–Kier alpha value is -2.22. The summed E-state index contributed by atoms with van der Waals surface area (Å²) < 4.78 is 31.1. The maximum atomic E-state index is 12.5. The molecule has 0 saturated carbocycles. The monoisotopic (exact) mass is 312 g/mol. The molecule has 10 heteroatoms. The van der Waals surface area contributed by atoms with E-state index >= 15 is 0 Å². The lowest BCUT2D eigenvalue weighted by atomic mass is 10.3. The van der Waals surface area contributed by atoms with E-state index in [1.165, 1.54) is 0 Å². The fraction of sp³-hybridized carbons (Fsp3) is 0.364. The topological polar surface area (TPSA) is 140 Å². The Morgan fingerprint density at radius 2 is 2.24 bits per heavy atom. The number of benzene rings is 1. The lowest BCUT2D eigenvalue weighted by Gasteiger charge is -2.29. The first-order valence-electron chi connectivity index (χ1n) is 5.91. The molecule has 1 unspecified atom stereocenters. The molecular formula is C11H12N4O5S. The van der Waals surface area contributed by atoms with Crippen LogP contribution in [0.25, 0.3) is 0 Å². The third kappa shape index (κ3) is 2.94. The maximum absolute atomic E-state index is 12.5. The summed E-state index contributed by atoms with van der Waals surface area (Å²) in [5, 5.41) is 19.4. The first-order valence-corrected chi connectivity index (χ1v) is 7.35. The fourth-order valence-electron chi connectivity index (χ4n) is 1.95. The normalized spacial score (nSPS) is 19.9. The number of nitro groups is 1. The highest BCUT2D eigenvalue weighted by atomic mass is 32.2. The lowest BCUT2D eigenvalue weighted by molar-refractivity contribution is -0.384. The molecule has 1 aliphatic rings. The summed E-state index contributed by atoms with van der Waals surface area (Å²) in [7, 11) is -3.92. The molecule has 0 aromatic heterocycles. The number of nitriles is 1. The molecule has 9 nitrogen and oxygen atoms in total. The summed E-state index contributed by atoms with van der Waals surface area (Å²) in [6.07, 6.45) is -0.840. The number of nitrogen functional groups attached to an aromatic ring is 1. The van der Waals surface area contributed by atoms with Gasteiger partial charge in [0.2, 0.25) is 10.0 Å². The van der Waals surface area contributed by atoms with Crippen LogP contribution in [0.2, 0.25) is 0 Å². The van der Waals surface area contributed by atoms with E-state index in [2.05, 4.69) is 0 Å². The predicted molar refractivity (Wildman–Crippen MR) is 71.6 cm³/mol. The van der Waals surface area contributed by atoms with Crippen molar-refractivity contribution < 1.29 is 18.1 Å². The van der Waals surface area contributed by atoms with Gasteiger partial charge in [0, 0.05) is 18.7 Å². The first-order chi connectivity index (χ1) is 9.86. The van der Waals surface area contributed by atoms with Gasteiger partial charge in [-0.25, -0.2) is 8.42 Å². The standard InChI is InChI=1S/C11H12N4O5S/c12-6-9-7-14(3-4-20-9)21(18,19)11-2-1-8(15(16)17)5-10(11)13/h1-2,5,9H,3-4,7,13H2. The van der Waals surface area contributed by atoms with E-state index in [1.807, 2.05) is 6.07 Å². The molecule has 1 atom stereocenters. The number of hydrogen-bond donors (Lipinski definition) is 1. The van der Waals surface area contributed by atoms with Crippen LogP contribution in [0, 0.1) is 21.4 Å². The molecular weight excluding hydrogens is 300 g/mol. The maximum Gasteiger partial charge on any atom is 0.271 e. The summed E-state index contributed by atoms with van der Waals surface area (Å²) >= 11 is 0. The zero-order valence-electron chi connectivity index (χ0n) is 10.8.